The highest BCUT2D eigenvalue weighted by molar-refractivity contribution is 5.40. The molecule has 0 bridgehead atoms. The van der Waals surface area contributed by atoms with E-state index in [4.69, 9.17) is 5.53 Å². The van der Waals surface area contributed by atoms with E-state index in [2.05, 4.69) is 10.0 Å². The van der Waals surface area contributed by atoms with E-state index in [0.717, 1.165) is 0 Å². The predicted octanol–water partition coefficient (Wildman–Crippen LogP) is 3.05. The summed E-state index contributed by atoms with van der Waals surface area (Å²) in [5.74, 6) is -3.49. The normalized spacial score (nSPS) is 9.25. The van der Waals surface area contributed by atoms with Crippen LogP contribution in [0.3, 0.4) is 0 Å². The molecule has 12 heavy (non-hydrogen) atoms. The van der Waals surface area contributed by atoms with Gasteiger partial charge in [0.2, 0.25) is 0 Å². The van der Waals surface area contributed by atoms with Gasteiger partial charge >= 0.3 is 0 Å². The van der Waals surface area contributed by atoms with E-state index < -0.39 is 23.1 Å². The Balaban J connectivity index is 3.37. The summed E-state index contributed by atoms with van der Waals surface area (Å²) in [6, 6.07) is 0.875. The van der Waals surface area contributed by atoms with Crippen molar-refractivity contribution in [2.24, 2.45) is 5.11 Å². The van der Waals surface area contributed by atoms with Crippen molar-refractivity contribution in [2.45, 2.75) is 0 Å². The minimum Gasteiger partial charge on any atom is -0.207 e. The Morgan fingerprint density at radius 3 is 2.08 bits per heavy atom. The molecule has 0 unspecified atom stereocenters. The smallest absolute Gasteiger partial charge is 0.138 e. The molecule has 0 aliphatic rings. The number of nitrogens with zero attached hydrogens (tertiary/aromatic N) is 3. The maximum atomic E-state index is 12.6. The lowest BCUT2D eigenvalue weighted by Gasteiger charge is -1.96. The van der Waals surface area contributed by atoms with Gasteiger partial charge in [-0.25, -0.2) is 13.2 Å². The number of hydrogen-bond donors (Lipinski definition) is 0. The molecule has 1 aromatic rings. The standard InChI is InChI=1S/C6H2F3N3/c7-3-1-4(8)6(11-12-10)5(9)2-3/h1-2H/i7-1,8-1,9-1. The summed E-state index contributed by atoms with van der Waals surface area (Å²) in [5.41, 5.74) is 7.05. The lowest BCUT2D eigenvalue weighted by molar-refractivity contribution is 0.546. The van der Waals surface area contributed by atoms with E-state index in [1.54, 1.807) is 0 Å². The zero-order valence-corrected chi connectivity index (χ0v) is 5.63. The quantitative estimate of drug-likeness (QED) is 0.353. The van der Waals surface area contributed by atoms with Crippen LogP contribution in [-0.4, -0.2) is 0 Å². The number of azide groups is 1. The van der Waals surface area contributed by atoms with E-state index in [1.807, 2.05) is 0 Å². The van der Waals surface area contributed by atoms with Crippen molar-refractivity contribution in [1.82, 2.24) is 0 Å². The molecule has 0 saturated carbocycles. The van der Waals surface area contributed by atoms with Crippen LogP contribution in [0, 0.1) is 17.5 Å². The molecule has 0 spiro atoms. The fourth-order valence-corrected chi connectivity index (χ4v) is 0.675. The third kappa shape index (κ3) is 1.49. The molecule has 0 radical (unpaired) electrons. The first-order chi connectivity index (χ1) is 5.65. The monoisotopic (exact) mass is 170 g/mol. The molecule has 62 valence electrons. The lowest BCUT2D eigenvalue weighted by Crippen LogP contribution is -1.84. The van der Waals surface area contributed by atoms with Crippen molar-refractivity contribution < 1.29 is 13.2 Å². The Morgan fingerprint density at radius 1 is 1.17 bits per heavy atom. The molecular weight excluding hydrogens is 168 g/mol. The third-order valence-electron chi connectivity index (χ3n) is 1.13. The number of benzene rings is 1. The molecule has 1 aromatic carbocycles. The van der Waals surface area contributed by atoms with Crippen molar-refractivity contribution in [1.29, 1.82) is 0 Å². The van der Waals surface area contributed by atoms with Gasteiger partial charge in [-0.2, -0.15) is 0 Å². The molecule has 0 aliphatic heterocycles. The maximum Gasteiger partial charge on any atom is 0.138 e. The summed E-state index contributed by atoms with van der Waals surface area (Å²) in [7, 11) is 0. The number of hydrogen-bond acceptors (Lipinski definition) is 1. The van der Waals surface area contributed by atoms with E-state index in [0.29, 0.717) is 12.1 Å². The highest BCUT2D eigenvalue weighted by Gasteiger charge is 2.08. The minimum absolute atomic E-state index is 0.438. The van der Waals surface area contributed by atoms with Gasteiger partial charge in [0.05, 0.1) is 0 Å². The van der Waals surface area contributed by atoms with Crippen LogP contribution in [0.5, 0.6) is 0 Å². The van der Waals surface area contributed by atoms with Crippen LogP contribution in [0.4, 0.5) is 18.9 Å². The second kappa shape index (κ2) is 3.15. The van der Waals surface area contributed by atoms with Crippen LogP contribution in [0.15, 0.2) is 17.2 Å². The van der Waals surface area contributed by atoms with Crippen molar-refractivity contribution in [2.75, 3.05) is 0 Å². The Morgan fingerprint density at radius 2 is 1.67 bits per heavy atom. The van der Waals surface area contributed by atoms with Crippen LogP contribution in [-0.2, 0) is 0 Å². The van der Waals surface area contributed by atoms with E-state index >= 15 is 0 Å². The topological polar surface area (TPSA) is 48.8 Å². The lowest BCUT2D eigenvalue weighted by atomic mass is 10.3. The van der Waals surface area contributed by atoms with Gasteiger partial charge in [0.15, 0.2) is 0 Å². The summed E-state index contributed by atoms with van der Waals surface area (Å²) in [4.78, 5) is 2.18. The van der Waals surface area contributed by atoms with Gasteiger partial charge in [0.1, 0.15) is 23.1 Å². The molecule has 0 aliphatic carbocycles. The van der Waals surface area contributed by atoms with Gasteiger partial charge < -0.3 is 0 Å². The summed E-state index contributed by atoms with van der Waals surface area (Å²) < 4.78 is 37.3. The Bertz CT molecular complexity index is 334. The van der Waals surface area contributed by atoms with Gasteiger partial charge in [0, 0.05) is 17.0 Å². The van der Waals surface area contributed by atoms with Gasteiger partial charge in [-0.1, -0.05) is 5.11 Å². The summed E-state index contributed by atoms with van der Waals surface area (Å²) in [6.07, 6.45) is 0. The predicted molar refractivity (Wildman–Crippen MR) is 35.1 cm³/mol. The number of halogens is 3. The SMILES string of the molecule is [N-]=[N+]=Nc1c([18F])cc([18F])cc1[18F]. The summed E-state index contributed by atoms with van der Waals surface area (Å²) in [5, 5.41) is 2.71. The molecule has 0 heterocycles. The van der Waals surface area contributed by atoms with E-state index in [-0.39, 0.29) is 0 Å². The first-order valence-electron chi connectivity index (χ1n) is 2.85. The molecule has 0 saturated heterocycles. The Hall–Kier alpha value is -1.68. The molecular formula is C6H2F3N3. The first kappa shape index (κ1) is 8.42. The minimum atomic E-state index is -1.22. The molecule has 0 fully saturated rings. The molecule has 6 heteroatoms. The van der Waals surface area contributed by atoms with Gasteiger partial charge in [-0.05, 0) is 5.53 Å². The van der Waals surface area contributed by atoms with Crippen LogP contribution in [0.2, 0.25) is 0 Å². The van der Waals surface area contributed by atoms with E-state index in [9.17, 15) is 13.2 Å². The van der Waals surface area contributed by atoms with Gasteiger partial charge in [0.25, 0.3) is 0 Å². The van der Waals surface area contributed by atoms with Gasteiger partial charge in [-0.3, -0.25) is 0 Å². The maximum absolute atomic E-state index is 12.6. The van der Waals surface area contributed by atoms with Crippen LogP contribution < -0.4 is 0 Å². The largest absolute Gasteiger partial charge is 0.207 e. The zero-order chi connectivity index (χ0) is 9.14. The van der Waals surface area contributed by atoms with Crippen molar-refractivity contribution in [3.63, 3.8) is 0 Å². The van der Waals surface area contributed by atoms with Gasteiger partial charge in [-0.15, -0.1) is 0 Å². The van der Waals surface area contributed by atoms with Crippen LogP contribution in [0.1, 0.15) is 0 Å². The zero-order valence-electron chi connectivity index (χ0n) is 5.63. The fourth-order valence-electron chi connectivity index (χ4n) is 0.675. The summed E-state index contributed by atoms with van der Waals surface area (Å²) in [6.45, 7) is 0. The Kier molecular flexibility index (Phi) is 2.21. The van der Waals surface area contributed by atoms with Crippen molar-refractivity contribution >= 4 is 5.69 Å². The molecule has 0 N–H and O–H groups in total. The second-order valence-corrected chi connectivity index (χ2v) is 1.91. The average Bonchev–Trinajstić information content (AvgIpc) is 1.96. The Labute approximate surface area is 65.1 Å². The van der Waals surface area contributed by atoms with Crippen molar-refractivity contribution in [3.8, 4) is 0 Å². The molecule has 0 amide bonds. The molecule has 3 nitrogen and oxygen atoms in total. The molecule has 0 atom stereocenters. The highest BCUT2D eigenvalue weighted by atomic mass is 18.2. The summed E-state index contributed by atoms with van der Waals surface area (Å²) >= 11 is 0. The fraction of sp³-hybridized carbons (Fsp3) is 0. The second-order valence-electron chi connectivity index (χ2n) is 1.91. The van der Waals surface area contributed by atoms with Crippen LogP contribution in [0.25, 0.3) is 10.4 Å². The van der Waals surface area contributed by atoms with Crippen LogP contribution >= 0.6 is 0 Å². The van der Waals surface area contributed by atoms with E-state index in [1.165, 1.54) is 0 Å². The van der Waals surface area contributed by atoms with Crippen molar-refractivity contribution in [3.05, 3.63) is 40.0 Å². The number of rotatable bonds is 1. The first-order valence-corrected chi connectivity index (χ1v) is 2.85. The molecule has 1 rings (SSSR count). The molecule has 0 aromatic heterocycles. The highest BCUT2D eigenvalue weighted by Crippen LogP contribution is 2.22. The third-order valence-corrected chi connectivity index (χ3v) is 1.13. The average molecular weight is 170 g/mol.